The molecule has 0 heterocycles. The molecule has 0 rings (SSSR count). The van der Waals surface area contributed by atoms with E-state index in [9.17, 15) is 14.4 Å². The SMILES string of the molecule is CC(C)(C)OC(=O)NC(C)(CCC(=O)O)C(=O)O. The maximum Gasteiger partial charge on any atom is 0.408 e. The van der Waals surface area contributed by atoms with Crippen LogP contribution in [0.25, 0.3) is 0 Å². The number of hydrogen-bond donors (Lipinski definition) is 3. The molecule has 7 heteroatoms. The zero-order valence-corrected chi connectivity index (χ0v) is 10.9. The maximum atomic E-state index is 11.5. The van der Waals surface area contributed by atoms with Crippen LogP contribution in [-0.2, 0) is 14.3 Å². The van der Waals surface area contributed by atoms with Crippen LogP contribution in [0, 0.1) is 0 Å². The minimum absolute atomic E-state index is 0.225. The van der Waals surface area contributed by atoms with Gasteiger partial charge in [0.15, 0.2) is 0 Å². The van der Waals surface area contributed by atoms with Gasteiger partial charge in [-0.05, 0) is 34.1 Å². The molecule has 1 amide bonds. The summed E-state index contributed by atoms with van der Waals surface area (Å²) in [6.45, 7) is 6.16. The Balaban J connectivity index is 4.66. The van der Waals surface area contributed by atoms with Gasteiger partial charge in [-0.15, -0.1) is 0 Å². The van der Waals surface area contributed by atoms with Gasteiger partial charge in [0.2, 0.25) is 0 Å². The molecule has 0 aliphatic rings. The topological polar surface area (TPSA) is 113 Å². The van der Waals surface area contributed by atoms with Crippen LogP contribution in [0.15, 0.2) is 0 Å². The Bertz CT molecular complexity index is 346. The van der Waals surface area contributed by atoms with Crippen LogP contribution < -0.4 is 5.32 Å². The number of rotatable bonds is 5. The molecular weight excluding hydrogens is 242 g/mol. The Morgan fingerprint density at radius 3 is 1.94 bits per heavy atom. The van der Waals surface area contributed by atoms with Crippen molar-refractivity contribution in [3.8, 4) is 0 Å². The van der Waals surface area contributed by atoms with Gasteiger partial charge in [0.25, 0.3) is 0 Å². The standard InChI is InChI=1S/C11H19NO6/c1-10(2,3)18-9(17)12-11(4,8(15)16)6-5-7(13)14/h5-6H2,1-4H3,(H,12,17)(H,13,14)(H,15,16). The molecular formula is C11H19NO6. The van der Waals surface area contributed by atoms with E-state index in [1.165, 1.54) is 6.92 Å². The summed E-state index contributed by atoms with van der Waals surface area (Å²) in [4.78, 5) is 33.0. The molecule has 3 N–H and O–H groups in total. The predicted molar refractivity (Wildman–Crippen MR) is 62.3 cm³/mol. The van der Waals surface area contributed by atoms with Crippen molar-refractivity contribution >= 4 is 18.0 Å². The van der Waals surface area contributed by atoms with Crippen LogP contribution in [0.1, 0.15) is 40.5 Å². The lowest BCUT2D eigenvalue weighted by Crippen LogP contribution is -2.53. The number of aliphatic carboxylic acids is 2. The first kappa shape index (κ1) is 16.2. The Labute approximate surface area is 105 Å². The van der Waals surface area contributed by atoms with Gasteiger partial charge in [-0.1, -0.05) is 0 Å². The average molecular weight is 261 g/mol. The molecule has 0 aliphatic heterocycles. The number of ether oxygens (including phenoxy) is 1. The Kier molecular flexibility index (Phi) is 5.13. The summed E-state index contributed by atoms with van der Waals surface area (Å²) in [6, 6.07) is 0. The molecule has 0 saturated heterocycles. The lowest BCUT2D eigenvalue weighted by molar-refractivity contribution is -0.145. The molecule has 0 aliphatic carbocycles. The van der Waals surface area contributed by atoms with Gasteiger partial charge in [0.05, 0.1) is 0 Å². The molecule has 0 aromatic carbocycles. The highest BCUT2D eigenvalue weighted by atomic mass is 16.6. The van der Waals surface area contributed by atoms with Crippen LogP contribution in [0.4, 0.5) is 4.79 Å². The van der Waals surface area contributed by atoms with E-state index < -0.39 is 29.2 Å². The lowest BCUT2D eigenvalue weighted by atomic mass is 9.96. The third-order valence-electron chi connectivity index (χ3n) is 2.09. The fraction of sp³-hybridized carbons (Fsp3) is 0.727. The maximum absolute atomic E-state index is 11.5. The van der Waals surface area contributed by atoms with Crippen molar-refractivity contribution in [3.63, 3.8) is 0 Å². The largest absolute Gasteiger partial charge is 0.481 e. The Hall–Kier alpha value is -1.79. The van der Waals surface area contributed by atoms with Crippen molar-refractivity contribution < 1.29 is 29.3 Å². The molecule has 1 atom stereocenters. The lowest BCUT2D eigenvalue weighted by Gasteiger charge is -2.28. The van der Waals surface area contributed by atoms with Crippen LogP contribution >= 0.6 is 0 Å². The summed E-state index contributed by atoms with van der Waals surface area (Å²) >= 11 is 0. The van der Waals surface area contributed by atoms with Crippen LogP contribution in [0.3, 0.4) is 0 Å². The van der Waals surface area contributed by atoms with Crippen molar-refractivity contribution in [2.75, 3.05) is 0 Å². The van der Waals surface area contributed by atoms with Crippen molar-refractivity contribution in [2.24, 2.45) is 0 Å². The highest BCUT2D eigenvalue weighted by Gasteiger charge is 2.36. The van der Waals surface area contributed by atoms with Gasteiger partial charge in [0, 0.05) is 6.42 Å². The monoisotopic (exact) mass is 261 g/mol. The normalized spacial score (nSPS) is 14.4. The van der Waals surface area contributed by atoms with Gasteiger partial charge >= 0.3 is 18.0 Å². The van der Waals surface area contributed by atoms with Crippen molar-refractivity contribution in [1.82, 2.24) is 5.32 Å². The van der Waals surface area contributed by atoms with Gasteiger partial charge < -0.3 is 20.3 Å². The number of carboxylic acids is 2. The van der Waals surface area contributed by atoms with E-state index in [0.717, 1.165) is 0 Å². The van der Waals surface area contributed by atoms with Crippen LogP contribution in [-0.4, -0.2) is 39.4 Å². The summed E-state index contributed by atoms with van der Waals surface area (Å²) in [6.07, 6.45) is -1.48. The molecule has 0 fully saturated rings. The number of alkyl carbamates (subject to hydrolysis) is 1. The molecule has 7 nitrogen and oxygen atoms in total. The Morgan fingerprint density at radius 2 is 1.61 bits per heavy atom. The molecule has 0 aromatic heterocycles. The fourth-order valence-corrected chi connectivity index (χ4v) is 1.11. The number of amides is 1. The number of hydrogen-bond acceptors (Lipinski definition) is 4. The second kappa shape index (κ2) is 5.70. The minimum Gasteiger partial charge on any atom is -0.481 e. The average Bonchev–Trinajstić information content (AvgIpc) is 2.11. The van der Waals surface area contributed by atoms with Crippen molar-refractivity contribution in [2.45, 2.75) is 51.7 Å². The van der Waals surface area contributed by atoms with Crippen molar-refractivity contribution in [1.29, 1.82) is 0 Å². The summed E-state index contributed by atoms with van der Waals surface area (Å²) < 4.78 is 4.93. The number of carbonyl (C=O) groups excluding carboxylic acids is 1. The minimum atomic E-state index is -1.67. The van der Waals surface area contributed by atoms with Gasteiger partial charge in [-0.3, -0.25) is 4.79 Å². The molecule has 0 spiro atoms. The highest BCUT2D eigenvalue weighted by Crippen LogP contribution is 2.15. The zero-order valence-electron chi connectivity index (χ0n) is 10.9. The molecule has 0 radical (unpaired) electrons. The van der Waals surface area contributed by atoms with Gasteiger partial charge in [-0.25, -0.2) is 9.59 Å². The van der Waals surface area contributed by atoms with E-state index in [0.29, 0.717) is 0 Å². The van der Waals surface area contributed by atoms with E-state index >= 15 is 0 Å². The molecule has 0 bridgehead atoms. The van der Waals surface area contributed by atoms with E-state index in [1.807, 2.05) is 0 Å². The first-order valence-corrected chi connectivity index (χ1v) is 5.42. The number of carboxylic acid groups (broad SMARTS) is 2. The number of carbonyl (C=O) groups is 3. The smallest absolute Gasteiger partial charge is 0.408 e. The van der Waals surface area contributed by atoms with Gasteiger partial charge in [-0.2, -0.15) is 0 Å². The fourth-order valence-electron chi connectivity index (χ4n) is 1.11. The third kappa shape index (κ3) is 6.07. The number of nitrogens with one attached hydrogen (secondary N) is 1. The molecule has 0 aromatic rings. The molecule has 0 saturated carbocycles. The summed E-state index contributed by atoms with van der Waals surface area (Å²) in [5.74, 6) is -2.44. The summed E-state index contributed by atoms with van der Waals surface area (Å²) in [7, 11) is 0. The molecule has 104 valence electrons. The second-order valence-electron chi connectivity index (χ2n) is 5.16. The van der Waals surface area contributed by atoms with E-state index in [1.54, 1.807) is 20.8 Å². The second-order valence-corrected chi connectivity index (χ2v) is 5.16. The van der Waals surface area contributed by atoms with Crippen LogP contribution in [0.5, 0.6) is 0 Å². The first-order valence-electron chi connectivity index (χ1n) is 5.42. The van der Waals surface area contributed by atoms with E-state index in [-0.39, 0.29) is 12.8 Å². The summed E-state index contributed by atoms with van der Waals surface area (Å²) in [5.41, 5.74) is -2.42. The Morgan fingerprint density at radius 1 is 1.11 bits per heavy atom. The van der Waals surface area contributed by atoms with Gasteiger partial charge in [0.1, 0.15) is 11.1 Å². The quantitative estimate of drug-likeness (QED) is 0.685. The van der Waals surface area contributed by atoms with E-state index in [4.69, 9.17) is 14.9 Å². The van der Waals surface area contributed by atoms with Crippen molar-refractivity contribution in [3.05, 3.63) is 0 Å². The highest BCUT2D eigenvalue weighted by molar-refractivity contribution is 5.84. The van der Waals surface area contributed by atoms with E-state index in [2.05, 4.69) is 5.32 Å². The summed E-state index contributed by atoms with van der Waals surface area (Å²) in [5, 5.41) is 19.8. The molecule has 1 unspecified atom stereocenters. The third-order valence-corrected chi connectivity index (χ3v) is 2.09. The predicted octanol–water partition coefficient (Wildman–Crippen LogP) is 1.22. The molecule has 18 heavy (non-hydrogen) atoms. The first-order chi connectivity index (χ1) is 7.96. The van der Waals surface area contributed by atoms with Crippen LogP contribution in [0.2, 0.25) is 0 Å². The zero-order chi connectivity index (χ0) is 14.6.